The summed E-state index contributed by atoms with van der Waals surface area (Å²) in [6.45, 7) is 2.27. The van der Waals surface area contributed by atoms with Crippen molar-refractivity contribution in [1.29, 1.82) is 0 Å². The van der Waals surface area contributed by atoms with Crippen LogP contribution in [0.2, 0.25) is 0 Å². The normalized spacial score (nSPS) is 24.0. The number of fused-ring (bicyclic) bond motifs is 1. The van der Waals surface area contributed by atoms with Crippen molar-refractivity contribution in [3.63, 3.8) is 0 Å². The first kappa shape index (κ1) is 19.6. The quantitative estimate of drug-likeness (QED) is 0.830. The molecular formula is C18H21ClF2N4O2. The van der Waals surface area contributed by atoms with E-state index in [1.165, 1.54) is 0 Å². The van der Waals surface area contributed by atoms with Gasteiger partial charge in [-0.3, -0.25) is 9.89 Å². The van der Waals surface area contributed by atoms with Crippen molar-refractivity contribution in [2.45, 2.75) is 12.5 Å². The summed E-state index contributed by atoms with van der Waals surface area (Å²) in [6.07, 6.45) is -2.68. The van der Waals surface area contributed by atoms with Crippen LogP contribution in [0.15, 0.2) is 30.3 Å². The van der Waals surface area contributed by atoms with Crippen molar-refractivity contribution in [1.82, 2.24) is 20.4 Å². The van der Waals surface area contributed by atoms with E-state index >= 15 is 0 Å². The Morgan fingerprint density at radius 3 is 2.67 bits per heavy atom. The number of hydrogen-bond donors (Lipinski definition) is 2. The molecule has 0 aliphatic carbocycles. The minimum atomic E-state index is -2.68. The number of carbonyl (C=O) groups excluding carboxylic acids is 1. The van der Waals surface area contributed by atoms with E-state index in [9.17, 15) is 13.6 Å². The van der Waals surface area contributed by atoms with Gasteiger partial charge in [-0.15, -0.1) is 12.4 Å². The maximum Gasteiger partial charge on any atom is 0.279 e. The number of nitrogens with one attached hydrogen (secondary N) is 2. The number of carbonyl (C=O) groups is 1. The van der Waals surface area contributed by atoms with E-state index in [0.717, 1.165) is 30.5 Å². The molecule has 2 N–H and O–H groups in total. The summed E-state index contributed by atoms with van der Waals surface area (Å²) in [5.41, 5.74) is 0.710. The second-order valence-electron chi connectivity index (χ2n) is 6.77. The summed E-state index contributed by atoms with van der Waals surface area (Å²) >= 11 is 0. The molecule has 6 nitrogen and oxygen atoms in total. The van der Waals surface area contributed by atoms with Crippen LogP contribution >= 0.6 is 12.4 Å². The Balaban J connectivity index is 0.00000210. The van der Waals surface area contributed by atoms with E-state index in [0.29, 0.717) is 18.4 Å². The monoisotopic (exact) mass is 398 g/mol. The third-order valence-corrected chi connectivity index (χ3v) is 5.33. The number of ether oxygens (including phenoxy) is 1. The van der Waals surface area contributed by atoms with Gasteiger partial charge in [-0.2, -0.15) is 5.10 Å². The van der Waals surface area contributed by atoms with Crippen molar-refractivity contribution >= 4 is 18.3 Å². The van der Waals surface area contributed by atoms with E-state index in [1.54, 1.807) is 12.0 Å². The van der Waals surface area contributed by atoms with Gasteiger partial charge in [0.15, 0.2) is 5.69 Å². The predicted molar refractivity (Wildman–Crippen MR) is 97.4 cm³/mol. The number of nitrogens with zero attached hydrogens (tertiary/aromatic N) is 2. The molecule has 0 saturated carbocycles. The van der Waals surface area contributed by atoms with Crippen molar-refractivity contribution in [3.8, 4) is 5.75 Å². The van der Waals surface area contributed by atoms with E-state index < -0.39 is 6.43 Å². The first-order valence-corrected chi connectivity index (χ1v) is 8.57. The number of methoxy groups -OCH3 is 1. The van der Waals surface area contributed by atoms with Crippen LogP contribution in [0.3, 0.4) is 0 Å². The Morgan fingerprint density at radius 2 is 2.04 bits per heavy atom. The second-order valence-corrected chi connectivity index (χ2v) is 6.77. The molecule has 4 rings (SSSR count). The van der Waals surface area contributed by atoms with Crippen LogP contribution in [0.1, 0.15) is 34.2 Å². The van der Waals surface area contributed by atoms with Crippen LogP contribution in [0.4, 0.5) is 8.78 Å². The molecule has 2 fully saturated rings. The third kappa shape index (κ3) is 3.51. The van der Waals surface area contributed by atoms with Gasteiger partial charge in [-0.25, -0.2) is 8.78 Å². The molecule has 0 unspecified atom stereocenters. The highest BCUT2D eigenvalue weighted by Crippen LogP contribution is 2.43. The summed E-state index contributed by atoms with van der Waals surface area (Å²) in [5.74, 6) is 1.07. The minimum Gasteiger partial charge on any atom is -0.497 e. The van der Waals surface area contributed by atoms with Crippen molar-refractivity contribution in [2.24, 2.45) is 11.8 Å². The lowest BCUT2D eigenvalue weighted by Gasteiger charge is -2.28. The van der Waals surface area contributed by atoms with Gasteiger partial charge in [-0.1, -0.05) is 12.1 Å². The van der Waals surface area contributed by atoms with Crippen molar-refractivity contribution in [3.05, 3.63) is 47.3 Å². The first-order chi connectivity index (χ1) is 12.6. The average molecular weight is 399 g/mol. The van der Waals surface area contributed by atoms with Crippen LogP contribution < -0.4 is 10.1 Å². The molecule has 1 aromatic heterocycles. The summed E-state index contributed by atoms with van der Waals surface area (Å²) in [4.78, 5) is 14.7. The fourth-order valence-electron chi connectivity index (χ4n) is 4.06. The van der Waals surface area contributed by atoms with Crippen LogP contribution in [0, 0.1) is 11.8 Å². The van der Waals surface area contributed by atoms with E-state index in [1.807, 2.05) is 24.3 Å². The summed E-state index contributed by atoms with van der Waals surface area (Å²) < 4.78 is 30.8. The zero-order chi connectivity index (χ0) is 18.3. The minimum absolute atomic E-state index is 0. The number of benzene rings is 1. The maximum absolute atomic E-state index is 13.0. The highest BCUT2D eigenvalue weighted by Gasteiger charge is 2.47. The Bertz CT molecular complexity index is 799. The largest absolute Gasteiger partial charge is 0.497 e. The number of amides is 1. The molecule has 146 valence electrons. The summed E-state index contributed by atoms with van der Waals surface area (Å²) in [6, 6.07) is 8.69. The second kappa shape index (κ2) is 7.82. The zero-order valence-corrected chi connectivity index (χ0v) is 15.5. The highest BCUT2D eigenvalue weighted by atomic mass is 35.5. The lowest BCUT2D eigenvalue weighted by molar-refractivity contribution is 0.0708. The molecule has 2 aliphatic rings. The van der Waals surface area contributed by atoms with Gasteiger partial charge < -0.3 is 15.0 Å². The highest BCUT2D eigenvalue weighted by molar-refractivity contribution is 5.93. The molecule has 1 amide bonds. The molecular weight excluding hydrogens is 378 g/mol. The Morgan fingerprint density at radius 1 is 1.30 bits per heavy atom. The van der Waals surface area contributed by atoms with Gasteiger partial charge >= 0.3 is 0 Å². The fourth-order valence-corrected chi connectivity index (χ4v) is 4.06. The Hall–Kier alpha value is -2.19. The number of hydrogen-bond acceptors (Lipinski definition) is 4. The van der Waals surface area contributed by atoms with E-state index in [2.05, 4.69) is 15.5 Å². The zero-order valence-electron chi connectivity index (χ0n) is 14.7. The topological polar surface area (TPSA) is 70.2 Å². The lowest BCUT2D eigenvalue weighted by Crippen LogP contribution is -2.34. The predicted octanol–water partition coefficient (Wildman–Crippen LogP) is 2.81. The van der Waals surface area contributed by atoms with Crippen LogP contribution in [0.25, 0.3) is 0 Å². The van der Waals surface area contributed by atoms with E-state index in [-0.39, 0.29) is 35.7 Å². The summed E-state index contributed by atoms with van der Waals surface area (Å²) in [5, 5.41) is 9.43. The number of aromatic nitrogens is 2. The molecule has 0 radical (unpaired) electrons. The number of rotatable bonds is 4. The molecule has 2 aliphatic heterocycles. The van der Waals surface area contributed by atoms with Gasteiger partial charge in [0.2, 0.25) is 0 Å². The van der Waals surface area contributed by atoms with Crippen LogP contribution in [-0.2, 0) is 0 Å². The standard InChI is InChI=1S/C18H20F2N4O2.ClH/c1-26-12-4-2-10(3-5-12)16-13-8-21-7-11(13)9-24(16)18(25)15-6-14(17(19)20)22-23-15;/h2-6,11,13,16-17,21H,7-9H2,1H3,(H,22,23);1H/t11-,13-,16-;/m0./s1. The molecule has 3 heterocycles. The van der Waals surface area contributed by atoms with Gasteiger partial charge in [0.25, 0.3) is 12.3 Å². The molecule has 2 saturated heterocycles. The Kier molecular flexibility index (Phi) is 5.67. The SMILES string of the molecule is COc1ccc([C@H]2[C@H]3CNC[C@H]3CN2C(=O)c2cc(C(F)F)[nH]n2)cc1.Cl. The van der Waals surface area contributed by atoms with Gasteiger partial charge in [-0.05, 0) is 29.7 Å². The molecule has 27 heavy (non-hydrogen) atoms. The smallest absolute Gasteiger partial charge is 0.279 e. The van der Waals surface area contributed by atoms with Gasteiger partial charge in [0.05, 0.1) is 13.2 Å². The number of H-pyrrole nitrogens is 1. The molecule has 3 atom stereocenters. The van der Waals surface area contributed by atoms with Gasteiger partial charge in [0.1, 0.15) is 11.4 Å². The van der Waals surface area contributed by atoms with E-state index in [4.69, 9.17) is 4.74 Å². The lowest BCUT2D eigenvalue weighted by atomic mass is 9.89. The number of halogens is 3. The summed E-state index contributed by atoms with van der Waals surface area (Å²) in [7, 11) is 1.61. The average Bonchev–Trinajstić information content (AvgIpc) is 3.36. The number of likely N-dealkylation sites (tertiary alicyclic amines) is 1. The third-order valence-electron chi connectivity index (χ3n) is 5.33. The number of alkyl halides is 2. The molecule has 9 heteroatoms. The first-order valence-electron chi connectivity index (χ1n) is 8.57. The van der Waals surface area contributed by atoms with Crippen molar-refractivity contribution < 1.29 is 18.3 Å². The molecule has 1 aromatic carbocycles. The number of aromatic amines is 1. The fraction of sp³-hybridized carbons (Fsp3) is 0.444. The molecule has 0 spiro atoms. The maximum atomic E-state index is 13.0. The van der Waals surface area contributed by atoms with Crippen LogP contribution in [-0.4, -0.2) is 47.7 Å². The molecule has 0 bridgehead atoms. The van der Waals surface area contributed by atoms with Crippen molar-refractivity contribution in [2.75, 3.05) is 26.7 Å². The van der Waals surface area contributed by atoms with Gasteiger partial charge in [0, 0.05) is 25.6 Å². The Labute approximate surface area is 161 Å². The molecule has 2 aromatic rings. The van der Waals surface area contributed by atoms with Crippen LogP contribution in [0.5, 0.6) is 5.75 Å².